The summed E-state index contributed by atoms with van der Waals surface area (Å²) >= 11 is 1.42. The first-order valence-electron chi connectivity index (χ1n) is 8.35. The van der Waals surface area contributed by atoms with Crippen LogP contribution in [0.1, 0.15) is 10.4 Å². The molecule has 3 aromatic heterocycles. The van der Waals surface area contributed by atoms with Crippen molar-refractivity contribution in [2.75, 3.05) is 43.6 Å². The van der Waals surface area contributed by atoms with Crippen LogP contribution >= 0.6 is 11.3 Å². The molecule has 1 aliphatic rings. The van der Waals surface area contributed by atoms with Gasteiger partial charge in [0.15, 0.2) is 5.56 Å². The molecule has 0 saturated carbocycles. The van der Waals surface area contributed by atoms with Crippen molar-refractivity contribution in [1.82, 2.24) is 20.2 Å². The van der Waals surface area contributed by atoms with Crippen molar-refractivity contribution in [3.8, 4) is 16.6 Å². The SMILES string of the molecule is COc1nc(N2CCOCC2)[nH]c(=O)c1C(=O)Nc1nnc(-c2cccs2)o1. The van der Waals surface area contributed by atoms with Gasteiger partial charge in [0.05, 0.1) is 25.2 Å². The maximum absolute atomic E-state index is 12.6. The zero-order valence-electron chi connectivity index (χ0n) is 14.8. The number of rotatable bonds is 5. The minimum absolute atomic E-state index is 0.0965. The maximum Gasteiger partial charge on any atom is 0.322 e. The molecular formula is C16H16N6O5S. The van der Waals surface area contributed by atoms with E-state index < -0.39 is 11.5 Å². The number of hydrogen-bond donors (Lipinski definition) is 2. The lowest BCUT2D eigenvalue weighted by atomic mass is 10.3. The van der Waals surface area contributed by atoms with Crippen LogP contribution in [-0.4, -0.2) is 59.5 Å². The summed E-state index contributed by atoms with van der Waals surface area (Å²) in [6.07, 6.45) is 0. The van der Waals surface area contributed by atoms with Gasteiger partial charge >= 0.3 is 6.01 Å². The van der Waals surface area contributed by atoms with Crippen LogP contribution in [0.4, 0.5) is 12.0 Å². The third-order valence-corrected chi connectivity index (χ3v) is 4.84. The Morgan fingerprint density at radius 3 is 2.89 bits per heavy atom. The zero-order valence-corrected chi connectivity index (χ0v) is 15.6. The second-order valence-corrected chi connectivity index (χ2v) is 6.66. The second-order valence-electron chi connectivity index (χ2n) is 5.72. The summed E-state index contributed by atoms with van der Waals surface area (Å²) in [4.78, 5) is 34.6. The largest absolute Gasteiger partial charge is 0.480 e. The predicted octanol–water partition coefficient (Wildman–Crippen LogP) is 0.979. The number of morpholine rings is 1. The molecule has 0 bridgehead atoms. The van der Waals surface area contributed by atoms with Crippen LogP contribution in [0.15, 0.2) is 26.7 Å². The normalized spacial score (nSPS) is 14.1. The van der Waals surface area contributed by atoms with Crippen molar-refractivity contribution in [3.63, 3.8) is 0 Å². The monoisotopic (exact) mass is 404 g/mol. The standard InChI is InChI=1S/C16H16N6O5S/c1-25-14-10(11(23)17-15(19-14)22-4-6-26-7-5-22)12(24)18-16-21-20-13(27-16)9-3-2-8-28-9/h2-3,8H,4-7H2,1H3,(H,17,19,23)(H,18,21,24). The molecule has 0 aromatic carbocycles. The number of thiophene rings is 1. The van der Waals surface area contributed by atoms with Crippen molar-refractivity contribution in [3.05, 3.63) is 33.4 Å². The van der Waals surface area contributed by atoms with Crippen LogP contribution in [0.5, 0.6) is 5.88 Å². The first kappa shape index (κ1) is 18.1. The predicted molar refractivity (Wildman–Crippen MR) is 100 cm³/mol. The molecule has 0 radical (unpaired) electrons. The fraction of sp³-hybridized carbons (Fsp3) is 0.312. The molecule has 12 heteroatoms. The molecule has 1 aliphatic heterocycles. The van der Waals surface area contributed by atoms with Gasteiger partial charge in [-0.1, -0.05) is 11.2 Å². The maximum atomic E-state index is 12.6. The third kappa shape index (κ3) is 3.59. The summed E-state index contributed by atoms with van der Waals surface area (Å²) in [5.41, 5.74) is -0.917. The van der Waals surface area contributed by atoms with E-state index in [4.69, 9.17) is 13.9 Å². The molecule has 0 unspecified atom stereocenters. The summed E-state index contributed by atoms with van der Waals surface area (Å²) in [6.45, 7) is 2.20. The molecule has 3 aromatic rings. The van der Waals surface area contributed by atoms with Crippen molar-refractivity contribution in [2.24, 2.45) is 0 Å². The van der Waals surface area contributed by atoms with Crippen molar-refractivity contribution in [2.45, 2.75) is 0 Å². The van der Waals surface area contributed by atoms with E-state index in [-0.39, 0.29) is 23.3 Å². The first-order valence-corrected chi connectivity index (χ1v) is 9.23. The van der Waals surface area contributed by atoms with Crippen LogP contribution < -0.4 is 20.5 Å². The van der Waals surface area contributed by atoms with Crippen molar-refractivity contribution >= 4 is 29.2 Å². The Morgan fingerprint density at radius 1 is 1.36 bits per heavy atom. The van der Waals surface area contributed by atoms with Crippen molar-refractivity contribution in [1.29, 1.82) is 0 Å². The Hall–Kier alpha value is -3.25. The minimum atomic E-state index is -0.763. The molecule has 1 amide bonds. The number of H-pyrrole nitrogens is 1. The summed E-state index contributed by atoms with van der Waals surface area (Å²) in [7, 11) is 1.34. The van der Waals surface area contributed by atoms with E-state index in [0.717, 1.165) is 4.88 Å². The highest BCUT2D eigenvalue weighted by Gasteiger charge is 2.24. The fourth-order valence-electron chi connectivity index (χ4n) is 2.65. The summed E-state index contributed by atoms with van der Waals surface area (Å²) in [5, 5.41) is 11.9. The Balaban J connectivity index is 1.57. The van der Waals surface area contributed by atoms with Crippen molar-refractivity contribution < 1.29 is 18.7 Å². The van der Waals surface area contributed by atoms with Gasteiger partial charge in [-0.05, 0) is 11.4 Å². The molecule has 4 heterocycles. The molecular weight excluding hydrogens is 388 g/mol. The number of methoxy groups -OCH3 is 1. The number of carbonyl (C=O) groups is 1. The number of anilines is 2. The second kappa shape index (κ2) is 7.78. The minimum Gasteiger partial charge on any atom is -0.480 e. The average Bonchev–Trinajstić information content (AvgIpc) is 3.39. The zero-order chi connectivity index (χ0) is 19.5. The first-order chi connectivity index (χ1) is 13.7. The Labute approximate surface area is 162 Å². The molecule has 0 spiro atoms. The van der Waals surface area contributed by atoms with E-state index in [2.05, 4.69) is 25.5 Å². The third-order valence-electron chi connectivity index (χ3n) is 3.98. The number of carbonyl (C=O) groups excluding carboxylic acids is 1. The molecule has 0 atom stereocenters. The molecule has 11 nitrogen and oxygen atoms in total. The number of nitrogens with zero attached hydrogens (tertiary/aromatic N) is 4. The van der Waals surface area contributed by atoms with Gasteiger partial charge in [0.25, 0.3) is 17.4 Å². The summed E-state index contributed by atoms with van der Waals surface area (Å²) in [6, 6.07) is 3.52. The topological polar surface area (TPSA) is 135 Å². The van der Waals surface area contributed by atoms with E-state index in [0.29, 0.717) is 32.3 Å². The quantitative estimate of drug-likeness (QED) is 0.638. The van der Waals surface area contributed by atoms with E-state index in [1.165, 1.54) is 18.4 Å². The number of aromatic amines is 1. The lowest BCUT2D eigenvalue weighted by molar-refractivity contribution is 0.101. The van der Waals surface area contributed by atoms with Gasteiger partial charge in [-0.3, -0.25) is 19.9 Å². The van der Waals surface area contributed by atoms with Gasteiger partial charge in [0, 0.05) is 13.1 Å². The Bertz CT molecular complexity index is 1020. The smallest absolute Gasteiger partial charge is 0.322 e. The van der Waals surface area contributed by atoms with E-state index in [1.807, 2.05) is 22.4 Å². The molecule has 0 aliphatic carbocycles. The lowest BCUT2D eigenvalue weighted by Crippen LogP contribution is -2.39. The highest BCUT2D eigenvalue weighted by atomic mass is 32.1. The van der Waals surface area contributed by atoms with Crippen LogP contribution in [0, 0.1) is 0 Å². The molecule has 1 fully saturated rings. The number of ether oxygens (including phenoxy) is 2. The van der Waals surface area contributed by atoms with Gasteiger partial charge in [-0.25, -0.2) is 0 Å². The molecule has 1 saturated heterocycles. The highest BCUT2D eigenvalue weighted by molar-refractivity contribution is 7.13. The number of aromatic nitrogens is 4. The van der Waals surface area contributed by atoms with Crippen LogP contribution in [-0.2, 0) is 4.74 Å². The fourth-order valence-corrected chi connectivity index (χ4v) is 3.29. The van der Waals surface area contributed by atoms with Crippen LogP contribution in [0.25, 0.3) is 10.8 Å². The Morgan fingerprint density at radius 2 is 2.18 bits per heavy atom. The van der Waals surface area contributed by atoms with Gasteiger partial charge in [0.1, 0.15) is 0 Å². The van der Waals surface area contributed by atoms with Crippen LogP contribution in [0.2, 0.25) is 0 Å². The van der Waals surface area contributed by atoms with Crippen LogP contribution in [0.3, 0.4) is 0 Å². The summed E-state index contributed by atoms with van der Waals surface area (Å²) < 4.78 is 15.9. The van der Waals surface area contributed by atoms with E-state index in [1.54, 1.807) is 0 Å². The molecule has 4 rings (SSSR count). The lowest BCUT2D eigenvalue weighted by Gasteiger charge is -2.27. The van der Waals surface area contributed by atoms with Gasteiger partial charge < -0.3 is 18.8 Å². The molecule has 2 N–H and O–H groups in total. The Kier molecular flexibility index (Phi) is 5.04. The number of hydrogen-bond acceptors (Lipinski definition) is 10. The molecule has 28 heavy (non-hydrogen) atoms. The van der Waals surface area contributed by atoms with E-state index in [9.17, 15) is 9.59 Å². The number of nitrogens with one attached hydrogen (secondary N) is 2. The summed E-state index contributed by atoms with van der Waals surface area (Å²) in [5.74, 6) is -0.271. The van der Waals surface area contributed by atoms with E-state index >= 15 is 0 Å². The van der Waals surface area contributed by atoms with Gasteiger partial charge in [-0.2, -0.15) is 4.98 Å². The molecule has 146 valence electrons. The van der Waals surface area contributed by atoms with Gasteiger partial charge in [-0.15, -0.1) is 16.4 Å². The van der Waals surface area contributed by atoms with Gasteiger partial charge in [0.2, 0.25) is 11.8 Å². The average molecular weight is 404 g/mol. The number of amides is 1. The highest BCUT2D eigenvalue weighted by Crippen LogP contribution is 2.25.